The molecule has 88 valence electrons. The molecule has 0 unspecified atom stereocenters. The van der Waals surface area contributed by atoms with Crippen LogP contribution in [0.15, 0.2) is 36.7 Å². The Hall–Kier alpha value is -1.37. The van der Waals surface area contributed by atoms with Crippen LogP contribution in [-0.2, 0) is 11.3 Å². The first kappa shape index (κ1) is 12.1. The van der Waals surface area contributed by atoms with Crippen LogP contribution in [0.4, 0.5) is 0 Å². The first-order chi connectivity index (χ1) is 8.16. The second-order valence-corrected chi connectivity index (χ2v) is 4.84. The second kappa shape index (κ2) is 5.31. The Bertz CT molecular complexity index is 537. The third-order valence-corrected chi connectivity index (χ3v) is 3.04. The van der Waals surface area contributed by atoms with Gasteiger partial charge in [-0.3, -0.25) is 4.79 Å². The molecular weight excluding hydrogens is 331 g/mol. The summed E-state index contributed by atoms with van der Waals surface area (Å²) in [5, 5.41) is 8.68. The van der Waals surface area contributed by atoms with Crippen LogP contribution in [0, 0.1) is 3.57 Å². The number of halogens is 1. The summed E-state index contributed by atoms with van der Waals surface area (Å²) in [6.45, 7) is 0.441. The van der Waals surface area contributed by atoms with Crippen LogP contribution in [0.25, 0.3) is 11.4 Å². The van der Waals surface area contributed by atoms with Crippen LogP contribution in [-0.4, -0.2) is 20.6 Å². The Labute approximate surface area is 112 Å². The Morgan fingerprint density at radius 3 is 3.00 bits per heavy atom. The van der Waals surface area contributed by atoms with Gasteiger partial charge in [0.25, 0.3) is 0 Å². The number of benzene rings is 1. The third kappa shape index (κ3) is 3.06. The van der Waals surface area contributed by atoms with E-state index in [0.717, 1.165) is 15.0 Å². The van der Waals surface area contributed by atoms with E-state index in [-0.39, 0.29) is 6.42 Å². The van der Waals surface area contributed by atoms with Crippen molar-refractivity contribution in [2.24, 2.45) is 0 Å². The standard InChI is InChI=1S/C12H11IN2O2/c13-10-3-1-2-9(8-10)12-14-5-7-15(12)6-4-11(16)17/h1-3,5,7-8H,4,6H2,(H,16,17). The van der Waals surface area contributed by atoms with Gasteiger partial charge in [0.15, 0.2) is 0 Å². The van der Waals surface area contributed by atoms with Gasteiger partial charge in [-0.15, -0.1) is 0 Å². The van der Waals surface area contributed by atoms with E-state index in [1.54, 1.807) is 12.4 Å². The summed E-state index contributed by atoms with van der Waals surface area (Å²) >= 11 is 2.24. The molecule has 0 aliphatic rings. The lowest BCUT2D eigenvalue weighted by molar-refractivity contribution is -0.137. The summed E-state index contributed by atoms with van der Waals surface area (Å²) < 4.78 is 2.99. The highest BCUT2D eigenvalue weighted by Gasteiger charge is 2.07. The van der Waals surface area contributed by atoms with Crippen molar-refractivity contribution in [3.05, 3.63) is 40.2 Å². The summed E-state index contributed by atoms with van der Waals surface area (Å²) in [5.41, 5.74) is 1.01. The van der Waals surface area contributed by atoms with Crippen LogP contribution in [0.5, 0.6) is 0 Å². The topological polar surface area (TPSA) is 55.1 Å². The number of nitrogens with zero attached hydrogens (tertiary/aromatic N) is 2. The Morgan fingerprint density at radius 2 is 2.29 bits per heavy atom. The number of carboxylic acid groups (broad SMARTS) is 1. The number of aryl methyl sites for hydroxylation is 1. The average Bonchev–Trinajstić information content (AvgIpc) is 2.74. The fourth-order valence-electron chi connectivity index (χ4n) is 1.59. The monoisotopic (exact) mass is 342 g/mol. The number of hydrogen-bond acceptors (Lipinski definition) is 2. The summed E-state index contributed by atoms with van der Waals surface area (Å²) in [7, 11) is 0. The molecule has 0 radical (unpaired) electrons. The van der Waals surface area contributed by atoms with Gasteiger partial charge in [-0.25, -0.2) is 4.98 Å². The molecule has 0 atom stereocenters. The molecule has 1 aromatic carbocycles. The maximum absolute atomic E-state index is 10.6. The molecule has 2 aromatic rings. The average molecular weight is 342 g/mol. The largest absolute Gasteiger partial charge is 0.481 e. The summed E-state index contributed by atoms with van der Waals surface area (Å²) in [4.78, 5) is 14.8. The maximum atomic E-state index is 10.6. The minimum absolute atomic E-state index is 0.104. The van der Waals surface area contributed by atoms with Gasteiger partial charge in [0, 0.05) is 28.1 Å². The lowest BCUT2D eigenvalue weighted by Crippen LogP contribution is -2.05. The molecule has 1 aromatic heterocycles. The molecule has 0 saturated carbocycles. The summed E-state index contributed by atoms with van der Waals surface area (Å²) in [6, 6.07) is 7.98. The zero-order valence-electron chi connectivity index (χ0n) is 9.01. The molecule has 0 spiro atoms. The fourth-order valence-corrected chi connectivity index (χ4v) is 2.14. The molecule has 0 amide bonds. The quantitative estimate of drug-likeness (QED) is 0.869. The van der Waals surface area contributed by atoms with E-state index >= 15 is 0 Å². The Morgan fingerprint density at radius 1 is 1.47 bits per heavy atom. The minimum Gasteiger partial charge on any atom is -0.481 e. The van der Waals surface area contributed by atoms with E-state index in [1.165, 1.54) is 0 Å². The summed E-state index contributed by atoms with van der Waals surface area (Å²) in [5.74, 6) is 0.0112. The van der Waals surface area contributed by atoms with Gasteiger partial charge in [0.1, 0.15) is 5.82 Å². The molecule has 0 bridgehead atoms. The Kier molecular flexibility index (Phi) is 3.78. The number of carbonyl (C=O) groups is 1. The van der Waals surface area contributed by atoms with Crippen molar-refractivity contribution in [3.8, 4) is 11.4 Å². The van der Waals surface area contributed by atoms with Crippen LogP contribution in [0.1, 0.15) is 6.42 Å². The van der Waals surface area contributed by atoms with Gasteiger partial charge in [-0.05, 0) is 34.7 Å². The number of hydrogen-bond donors (Lipinski definition) is 1. The van der Waals surface area contributed by atoms with E-state index in [2.05, 4.69) is 27.6 Å². The molecule has 2 rings (SSSR count). The van der Waals surface area contributed by atoms with Crippen molar-refractivity contribution in [2.45, 2.75) is 13.0 Å². The molecule has 0 aliphatic heterocycles. The number of aromatic nitrogens is 2. The molecule has 1 N–H and O–H groups in total. The van der Waals surface area contributed by atoms with Gasteiger partial charge in [-0.2, -0.15) is 0 Å². The molecule has 4 nitrogen and oxygen atoms in total. The highest BCUT2D eigenvalue weighted by atomic mass is 127. The second-order valence-electron chi connectivity index (χ2n) is 3.60. The molecular formula is C12H11IN2O2. The lowest BCUT2D eigenvalue weighted by Gasteiger charge is -2.06. The normalized spacial score (nSPS) is 10.4. The molecule has 0 aliphatic carbocycles. The predicted molar refractivity (Wildman–Crippen MR) is 72.6 cm³/mol. The molecule has 0 fully saturated rings. The third-order valence-electron chi connectivity index (χ3n) is 2.36. The van der Waals surface area contributed by atoms with E-state index in [0.29, 0.717) is 6.54 Å². The van der Waals surface area contributed by atoms with Gasteiger partial charge in [0.2, 0.25) is 0 Å². The molecule has 0 saturated heterocycles. The van der Waals surface area contributed by atoms with E-state index < -0.39 is 5.97 Å². The molecule has 1 heterocycles. The smallest absolute Gasteiger partial charge is 0.305 e. The molecule has 17 heavy (non-hydrogen) atoms. The molecule has 5 heteroatoms. The van der Waals surface area contributed by atoms with Crippen LogP contribution < -0.4 is 0 Å². The Balaban J connectivity index is 2.27. The zero-order valence-corrected chi connectivity index (χ0v) is 11.2. The lowest BCUT2D eigenvalue weighted by atomic mass is 10.2. The van der Waals surface area contributed by atoms with Gasteiger partial charge >= 0.3 is 5.97 Å². The van der Waals surface area contributed by atoms with Crippen LogP contribution >= 0.6 is 22.6 Å². The number of rotatable bonds is 4. The maximum Gasteiger partial charge on any atom is 0.305 e. The van der Waals surface area contributed by atoms with E-state index in [4.69, 9.17) is 5.11 Å². The van der Waals surface area contributed by atoms with E-state index in [9.17, 15) is 4.79 Å². The fraction of sp³-hybridized carbons (Fsp3) is 0.167. The van der Waals surface area contributed by atoms with Crippen molar-refractivity contribution in [2.75, 3.05) is 0 Å². The predicted octanol–water partition coefficient (Wildman–Crippen LogP) is 2.63. The minimum atomic E-state index is -0.799. The SMILES string of the molecule is O=C(O)CCn1ccnc1-c1cccc(I)c1. The van der Waals surface area contributed by atoms with Gasteiger partial charge in [-0.1, -0.05) is 12.1 Å². The van der Waals surface area contributed by atoms with Gasteiger partial charge in [0.05, 0.1) is 6.42 Å². The number of imidazole rings is 1. The van der Waals surface area contributed by atoms with Crippen molar-refractivity contribution in [3.63, 3.8) is 0 Å². The number of aliphatic carboxylic acids is 1. The van der Waals surface area contributed by atoms with Gasteiger partial charge < -0.3 is 9.67 Å². The van der Waals surface area contributed by atoms with Crippen LogP contribution in [0.3, 0.4) is 0 Å². The first-order valence-electron chi connectivity index (χ1n) is 5.15. The van der Waals surface area contributed by atoms with Crippen molar-refractivity contribution < 1.29 is 9.90 Å². The zero-order chi connectivity index (χ0) is 12.3. The van der Waals surface area contributed by atoms with E-state index in [1.807, 2.05) is 28.8 Å². The number of carboxylic acids is 1. The van der Waals surface area contributed by atoms with Crippen LogP contribution in [0.2, 0.25) is 0 Å². The highest BCUT2D eigenvalue weighted by Crippen LogP contribution is 2.19. The summed E-state index contributed by atoms with van der Waals surface area (Å²) in [6.07, 6.45) is 3.60. The van der Waals surface area contributed by atoms with Crippen molar-refractivity contribution in [1.82, 2.24) is 9.55 Å². The first-order valence-corrected chi connectivity index (χ1v) is 6.23. The van der Waals surface area contributed by atoms with Crippen molar-refractivity contribution >= 4 is 28.6 Å². The van der Waals surface area contributed by atoms with Crippen molar-refractivity contribution in [1.29, 1.82) is 0 Å². The highest BCUT2D eigenvalue weighted by molar-refractivity contribution is 14.1.